The van der Waals surface area contributed by atoms with Gasteiger partial charge in [0.1, 0.15) is 17.3 Å². The Labute approximate surface area is 264 Å². The van der Waals surface area contributed by atoms with Gasteiger partial charge in [-0.05, 0) is 68.8 Å². The molecule has 1 amide bonds. The first-order valence-electron chi connectivity index (χ1n) is 14.8. The third kappa shape index (κ3) is 7.96. The molecule has 0 bridgehead atoms. The number of benzene rings is 3. The highest BCUT2D eigenvalue weighted by atomic mass is 19.1. The summed E-state index contributed by atoms with van der Waals surface area (Å²) in [5.41, 5.74) is 0.447. The van der Waals surface area contributed by atoms with Crippen LogP contribution < -0.4 is 29.2 Å². The topological polar surface area (TPSA) is 98.3 Å². The van der Waals surface area contributed by atoms with E-state index >= 15 is 0 Å². The zero-order valence-corrected chi connectivity index (χ0v) is 25.5. The number of aromatic nitrogens is 2. The van der Waals surface area contributed by atoms with Crippen molar-refractivity contribution in [2.24, 2.45) is 0 Å². The summed E-state index contributed by atoms with van der Waals surface area (Å²) >= 11 is 0. The van der Waals surface area contributed by atoms with Crippen molar-refractivity contribution in [3.63, 3.8) is 0 Å². The zero-order chi connectivity index (χ0) is 32.5. The van der Waals surface area contributed by atoms with Crippen LogP contribution in [-0.2, 0) is 0 Å². The Hall–Kier alpha value is -5.04. The Morgan fingerprint density at radius 1 is 0.913 bits per heavy atom. The van der Waals surface area contributed by atoms with E-state index in [0.717, 1.165) is 49.2 Å². The minimum atomic E-state index is -1.19. The van der Waals surface area contributed by atoms with Crippen LogP contribution in [0.25, 0.3) is 0 Å². The second-order valence-corrected chi connectivity index (χ2v) is 10.4. The Bertz CT molecular complexity index is 1630. The largest absolute Gasteiger partial charge is 0.497 e. The first-order chi connectivity index (χ1) is 22.4. The number of halogens is 3. The number of hydrogen-bond donors (Lipinski definition) is 1. The predicted molar refractivity (Wildman–Crippen MR) is 166 cm³/mol. The number of nitrogens with one attached hydrogen (secondary N) is 1. The third-order valence-corrected chi connectivity index (χ3v) is 7.30. The number of hydrogen-bond acceptors (Lipinski definition) is 9. The van der Waals surface area contributed by atoms with Crippen molar-refractivity contribution in [3.05, 3.63) is 84.3 Å². The number of likely N-dealkylation sites (tertiary alicyclic amines) is 1. The number of carbonyl (C=O) groups excluding carboxylic acids is 1. The highest BCUT2D eigenvalue weighted by Crippen LogP contribution is 2.37. The van der Waals surface area contributed by atoms with Gasteiger partial charge in [0.2, 0.25) is 11.7 Å². The second-order valence-electron chi connectivity index (χ2n) is 10.4. The van der Waals surface area contributed by atoms with E-state index in [-0.39, 0.29) is 29.0 Å². The van der Waals surface area contributed by atoms with Gasteiger partial charge in [0.15, 0.2) is 23.2 Å². The Morgan fingerprint density at radius 3 is 2.41 bits per heavy atom. The lowest BCUT2D eigenvalue weighted by atomic mass is 10.1. The summed E-state index contributed by atoms with van der Waals surface area (Å²) in [5.74, 6) is -2.93. The van der Waals surface area contributed by atoms with Gasteiger partial charge >= 0.3 is 6.09 Å². The Kier molecular flexibility index (Phi) is 10.8. The summed E-state index contributed by atoms with van der Waals surface area (Å²) in [7, 11) is 2.84. The molecule has 4 aromatic rings. The van der Waals surface area contributed by atoms with Crippen LogP contribution in [0.3, 0.4) is 0 Å². The average Bonchev–Trinajstić information content (AvgIpc) is 3.06. The van der Waals surface area contributed by atoms with Crippen molar-refractivity contribution in [2.75, 3.05) is 50.7 Å². The monoisotopic (exact) mass is 637 g/mol. The van der Waals surface area contributed by atoms with Crippen molar-refractivity contribution < 1.29 is 36.9 Å². The molecule has 0 spiro atoms. The number of amides is 1. The molecule has 1 aliphatic heterocycles. The first kappa shape index (κ1) is 32.4. The van der Waals surface area contributed by atoms with Gasteiger partial charge in [0, 0.05) is 36.6 Å². The lowest BCUT2D eigenvalue weighted by Crippen LogP contribution is -2.31. The quantitative estimate of drug-likeness (QED) is 0.161. The van der Waals surface area contributed by atoms with E-state index in [9.17, 15) is 18.0 Å². The van der Waals surface area contributed by atoms with Gasteiger partial charge in [0.25, 0.3) is 0 Å². The molecule has 0 aliphatic carbocycles. The van der Waals surface area contributed by atoms with Gasteiger partial charge in [0.05, 0.1) is 26.5 Å². The lowest BCUT2D eigenvalue weighted by molar-refractivity contribution is 0.203. The van der Waals surface area contributed by atoms with E-state index in [1.165, 1.54) is 70.0 Å². The van der Waals surface area contributed by atoms with Gasteiger partial charge in [-0.3, -0.25) is 0 Å². The number of rotatable bonds is 12. The highest BCUT2D eigenvalue weighted by Gasteiger charge is 2.28. The van der Waals surface area contributed by atoms with Gasteiger partial charge in [-0.25, -0.2) is 27.8 Å². The predicted octanol–water partition coefficient (Wildman–Crippen LogP) is 7.25. The fraction of sp³-hybridized carbons (Fsp3) is 0.303. The Balaban J connectivity index is 1.35. The summed E-state index contributed by atoms with van der Waals surface area (Å²) in [6, 6.07) is 13.4. The Morgan fingerprint density at radius 2 is 1.70 bits per heavy atom. The van der Waals surface area contributed by atoms with Crippen LogP contribution in [-0.4, -0.2) is 61.4 Å². The molecule has 0 saturated carbocycles. The number of ether oxygens (including phenoxy) is 4. The number of para-hydroxylation sites is 1. The molecule has 0 atom stereocenters. The number of nitrogens with zero attached hydrogens (tertiary/aromatic N) is 4. The normalized spacial score (nSPS) is 13.2. The smallest absolute Gasteiger partial charge is 0.425 e. The molecule has 1 aliphatic rings. The average molecular weight is 638 g/mol. The zero-order valence-electron chi connectivity index (χ0n) is 25.5. The van der Waals surface area contributed by atoms with E-state index in [1.807, 2.05) is 0 Å². The summed E-state index contributed by atoms with van der Waals surface area (Å²) in [6.45, 7) is 3.49. The molecule has 1 N–H and O–H groups in total. The highest BCUT2D eigenvalue weighted by molar-refractivity contribution is 5.98. The van der Waals surface area contributed by atoms with Crippen molar-refractivity contribution in [3.8, 4) is 23.0 Å². The van der Waals surface area contributed by atoms with Gasteiger partial charge < -0.3 is 29.2 Å². The molecule has 10 nitrogen and oxygen atoms in total. The molecule has 1 saturated heterocycles. The lowest BCUT2D eigenvalue weighted by Gasteiger charge is -2.26. The molecule has 1 aromatic heterocycles. The van der Waals surface area contributed by atoms with Crippen LogP contribution in [0, 0.1) is 17.5 Å². The minimum absolute atomic E-state index is 0.00514. The third-order valence-electron chi connectivity index (χ3n) is 7.30. The molecule has 3 aromatic carbocycles. The van der Waals surface area contributed by atoms with Gasteiger partial charge in [-0.1, -0.05) is 12.5 Å². The fourth-order valence-corrected chi connectivity index (χ4v) is 5.01. The molecule has 0 radical (unpaired) electrons. The SMILES string of the molecule is COc1ccc(N(C(=O)Oc2c(F)cccc2F)c2ccnc(Nc3ccc(OCCCN4CCCCC4)c(F)c3)n2)c(OC)c1. The van der Waals surface area contributed by atoms with Crippen molar-refractivity contribution in [1.82, 2.24) is 14.9 Å². The fourth-order valence-electron chi connectivity index (χ4n) is 5.01. The van der Waals surface area contributed by atoms with Crippen LogP contribution in [0.1, 0.15) is 25.7 Å². The maximum atomic E-state index is 14.9. The van der Waals surface area contributed by atoms with Crippen LogP contribution in [0.4, 0.5) is 41.1 Å². The van der Waals surface area contributed by atoms with Crippen LogP contribution in [0.5, 0.6) is 23.0 Å². The molecule has 1 fully saturated rings. The van der Waals surface area contributed by atoms with Gasteiger partial charge in [-0.2, -0.15) is 4.98 Å². The molecule has 46 heavy (non-hydrogen) atoms. The van der Waals surface area contributed by atoms with E-state index in [4.69, 9.17) is 18.9 Å². The first-order valence-corrected chi connectivity index (χ1v) is 14.8. The van der Waals surface area contributed by atoms with Crippen LogP contribution in [0.2, 0.25) is 0 Å². The van der Waals surface area contributed by atoms with E-state index < -0.39 is 29.3 Å². The van der Waals surface area contributed by atoms with Crippen molar-refractivity contribution in [2.45, 2.75) is 25.7 Å². The number of methoxy groups -OCH3 is 2. The maximum Gasteiger partial charge on any atom is 0.425 e. The minimum Gasteiger partial charge on any atom is -0.497 e. The van der Waals surface area contributed by atoms with E-state index in [1.54, 1.807) is 12.1 Å². The van der Waals surface area contributed by atoms with Crippen molar-refractivity contribution in [1.29, 1.82) is 0 Å². The molecule has 242 valence electrons. The molecular formula is C33H34F3N5O5. The molecule has 0 unspecified atom stereocenters. The summed E-state index contributed by atoms with van der Waals surface area (Å²) in [4.78, 5) is 25.5. The van der Waals surface area contributed by atoms with E-state index in [2.05, 4.69) is 20.2 Å². The number of anilines is 4. The van der Waals surface area contributed by atoms with Crippen molar-refractivity contribution >= 4 is 29.2 Å². The molecular weight excluding hydrogens is 603 g/mol. The molecule has 13 heteroatoms. The standard InChI is InChI=1S/C33H34F3N5O5/c1-43-23-11-12-27(29(21-23)44-2)41(33(42)46-31-24(34)8-6-9-25(31)35)30-14-15-37-32(39-30)38-22-10-13-28(26(36)20-22)45-19-7-18-40-16-4-3-5-17-40/h6,8-15,20-21H,3-5,7,16-19H2,1-2H3,(H,37,38,39). The summed E-state index contributed by atoms with van der Waals surface area (Å²) < 4.78 is 65.3. The van der Waals surface area contributed by atoms with Crippen LogP contribution in [0.15, 0.2) is 66.9 Å². The summed E-state index contributed by atoms with van der Waals surface area (Å²) in [5, 5.41) is 2.91. The summed E-state index contributed by atoms with van der Waals surface area (Å²) in [6.07, 6.45) is 4.64. The van der Waals surface area contributed by atoms with E-state index in [0.29, 0.717) is 18.0 Å². The molecule has 2 heterocycles. The number of piperidine rings is 1. The maximum absolute atomic E-state index is 14.9. The number of carbonyl (C=O) groups is 1. The second kappa shape index (κ2) is 15.3. The molecule has 5 rings (SSSR count). The van der Waals surface area contributed by atoms with Gasteiger partial charge in [-0.15, -0.1) is 0 Å². The van der Waals surface area contributed by atoms with Crippen LogP contribution >= 0.6 is 0 Å².